The van der Waals surface area contributed by atoms with Crippen molar-refractivity contribution in [2.75, 3.05) is 27.3 Å². The van der Waals surface area contributed by atoms with Crippen molar-refractivity contribution in [2.24, 2.45) is 4.99 Å². The first-order chi connectivity index (χ1) is 16.3. The Bertz CT molecular complexity index is 1380. The smallest absolute Gasteiger partial charge is 0.279 e. The van der Waals surface area contributed by atoms with Gasteiger partial charge in [0.05, 0.1) is 23.8 Å². The predicted molar refractivity (Wildman–Crippen MR) is 134 cm³/mol. The van der Waals surface area contributed by atoms with Crippen LogP contribution in [0.2, 0.25) is 0 Å². The Morgan fingerprint density at radius 1 is 1.12 bits per heavy atom. The predicted octanol–water partition coefficient (Wildman–Crippen LogP) is 3.84. The van der Waals surface area contributed by atoms with Crippen molar-refractivity contribution in [2.45, 2.75) is 18.4 Å². The van der Waals surface area contributed by atoms with Crippen LogP contribution >= 0.6 is 11.3 Å². The molecule has 0 bridgehead atoms. The van der Waals surface area contributed by atoms with Crippen LogP contribution < -0.4 is 14.3 Å². The maximum atomic E-state index is 12.9. The van der Waals surface area contributed by atoms with Crippen molar-refractivity contribution in [3.8, 4) is 11.5 Å². The molecule has 0 saturated carbocycles. The van der Waals surface area contributed by atoms with Crippen molar-refractivity contribution in [1.82, 2.24) is 8.87 Å². The summed E-state index contributed by atoms with van der Waals surface area (Å²) in [5.74, 6) is 0.794. The van der Waals surface area contributed by atoms with Crippen molar-refractivity contribution in [3.05, 3.63) is 72.1 Å². The molecule has 0 radical (unpaired) electrons. The van der Waals surface area contributed by atoms with Gasteiger partial charge in [-0.3, -0.25) is 4.79 Å². The molecule has 0 fully saturated rings. The monoisotopic (exact) mass is 501 g/mol. The van der Waals surface area contributed by atoms with Gasteiger partial charge in [0.25, 0.3) is 5.91 Å². The van der Waals surface area contributed by atoms with Crippen LogP contribution in [0.25, 0.3) is 10.2 Å². The van der Waals surface area contributed by atoms with E-state index in [1.54, 1.807) is 20.3 Å². The highest BCUT2D eigenvalue weighted by Gasteiger charge is 2.22. The second-order valence-corrected chi connectivity index (χ2v) is 10.1. The van der Waals surface area contributed by atoms with Gasteiger partial charge in [-0.15, -0.1) is 13.2 Å². The third-order valence-corrected chi connectivity index (χ3v) is 7.96. The largest absolute Gasteiger partial charge is 0.497 e. The van der Waals surface area contributed by atoms with Crippen LogP contribution in [0.1, 0.15) is 17.3 Å². The zero-order valence-corrected chi connectivity index (χ0v) is 21.0. The number of amides is 1. The van der Waals surface area contributed by atoms with Gasteiger partial charge in [-0.1, -0.05) is 23.5 Å². The molecule has 0 aliphatic carbocycles. The summed E-state index contributed by atoms with van der Waals surface area (Å²) >= 11 is 1.35. The minimum Gasteiger partial charge on any atom is -0.497 e. The van der Waals surface area contributed by atoms with Gasteiger partial charge in [0.2, 0.25) is 10.0 Å². The number of sulfonamides is 1. The molecule has 0 saturated heterocycles. The van der Waals surface area contributed by atoms with Crippen LogP contribution in [0.3, 0.4) is 0 Å². The van der Waals surface area contributed by atoms with Crippen molar-refractivity contribution < 1.29 is 22.7 Å². The van der Waals surface area contributed by atoms with Gasteiger partial charge >= 0.3 is 0 Å². The lowest BCUT2D eigenvalue weighted by Gasteiger charge is -2.19. The molecule has 3 rings (SSSR count). The average Bonchev–Trinajstić information content (AvgIpc) is 3.19. The van der Waals surface area contributed by atoms with Crippen molar-refractivity contribution >= 4 is 37.5 Å². The summed E-state index contributed by atoms with van der Waals surface area (Å²) in [6, 6.07) is 9.40. The Kier molecular flexibility index (Phi) is 8.08. The lowest BCUT2D eigenvalue weighted by molar-refractivity contribution is 0.0997. The Morgan fingerprint density at radius 3 is 2.29 bits per heavy atom. The fourth-order valence-corrected chi connectivity index (χ4v) is 5.95. The van der Waals surface area contributed by atoms with E-state index >= 15 is 0 Å². The zero-order chi connectivity index (χ0) is 24.9. The first-order valence-electron chi connectivity index (χ1n) is 10.5. The third kappa shape index (κ3) is 4.98. The topological polar surface area (TPSA) is 90.2 Å². The molecule has 8 nitrogen and oxygen atoms in total. The van der Waals surface area contributed by atoms with E-state index in [4.69, 9.17) is 9.47 Å². The summed E-state index contributed by atoms with van der Waals surface area (Å²) in [5, 5.41) is 0. The number of ether oxygens (including phenoxy) is 2. The number of fused-ring (bicyclic) bond motifs is 1. The maximum absolute atomic E-state index is 12.9. The third-order valence-electron chi connectivity index (χ3n) is 5.09. The molecule has 180 valence electrons. The van der Waals surface area contributed by atoms with E-state index in [0.29, 0.717) is 22.8 Å². The van der Waals surface area contributed by atoms with Crippen LogP contribution in [0.4, 0.5) is 0 Å². The van der Waals surface area contributed by atoms with Crippen molar-refractivity contribution in [1.29, 1.82) is 0 Å². The average molecular weight is 502 g/mol. The molecular formula is C24H27N3O5S2. The molecule has 2 aromatic carbocycles. The van der Waals surface area contributed by atoms with E-state index in [2.05, 4.69) is 18.2 Å². The van der Waals surface area contributed by atoms with Gasteiger partial charge in [0, 0.05) is 31.3 Å². The number of hydrogen-bond acceptors (Lipinski definition) is 6. The molecule has 0 spiro atoms. The Hall–Kier alpha value is -3.21. The number of methoxy groups -OCH3 is 2. The van der Waals surface area contributed by atoms with E-state index in [9.17, 15) is 13.2 Å². The second-order valence-electron chi connectivity index (χ2n) is 7.15. The van der Waals surface area contributed by atoms with Gasteiger partial charge in [-0.25, -0.2) is 8.42 Å². The normalized spacial score (nSPS) is 12.2. The van der Waals surface area contributed by atoms with Crippen LogP contribution in [0.15, 0.2) is 71.6 Å². The second kappa shape index (κ2) is 10.8. The SMILES string of the molecule is C=CCN(CC=C)S(=O)(=O)c1ccc(C(=O)N=c2sc3cc(OC)cc(OC)c3n2CC)cc1. The number of thiazole rings is 1. The fourth-order valence-electron chi connectivity index (χ4n) is 3.43. The van der Waals surface area contributed by atoms with Gasteiger partial charge in [0.15, 0.2) is 4.80 Å². The Morgan fingerprint density at radius 2 is 1.76 bits per heavy atom. The van der Waals surface area contributed by atoms with Crippen LogP contribution in [0.5, 0.6) is 11.5 Å². The summed E-state index contributed by atoms with van der Waals surface area (Å²) in [4.78, 5) is 17.8. The van der Waals surface area contributed by atoms with Crippen LogP contribution in [-0.2, 0) is 16.6 Å². The summed E-state index contributed by atoms with van der Waals surface area (Å²) in [7, 11) is -0.592. The van der Waals surface area contributed by atoms with E-state index < -0.39 is 15.9 Å². The lowest BCUT2D eigenvalue weighted by atomic mass is 10.2. The summed E-state index contributed by atoms with van der Waals surface area (Å²) < 4.78 is 40.6. The van der Waals surface area contributed by atoms with E-state index in [-0.39, 0.29) is 23.5 Å². The van der Waals surface area contributed by atoms with Gasteiger partial charge < -0.3 is 14.0 Å². The number of aromatic nitrogens is 1. The first kappa shape index (κ1) is 25.4. The molecule has 0 N–H and O–H groups in total. The maximum Gasteiger partial charge on any atom is 0.279 e. The molecule has 1 amide bonds. The standard InChI is InChI=1S/C24H27N3O5S2/c1-6-13-26(14-7-2)34(29,30)19-11-9-17(10-12-19)23(28)25-24-27(8-3)22-20(32-5)15-18(31-4)16-21(22)33-24/h6-7,9-12,15-16H,1-2,8,13-14H2,3-5H3. The van der Waals surface area contributed by atoms with E-state index in [1.165, 1.54) is 52.1 Å². The minimum absolute atomic E-state index is 0.0788. The number of carbonyl (C=O) groups is 1. The molecule has 3 aromatic rings. The fraction of sp³-hybridized carbons (Fsp3) is 0.250. The van der Waals surface area contributed by atoms with Crippen LogP contribution in [0, 0.1) is 0 Å². The highest BCUT2D eigenvalue weighted by Crippen LogP contribution is 2.32. The Labute approximate surface area is 203 Å². The number of hydrogen-bond donors (Lipinski definition) is 0. The van der Waals surface area contributed by atoms with E-state index in [0.717, 1.165) is 10.2 Å². The summed E-state index contributed by atoms with van der Waals surface area (Å²) in [6.07, 6.45) is 3.02. The molecule has 0 aliphatic heterocycles. The molecule has 34 heavy (non-hydrogen) atoms. The van der Waals surface area contributed by atoms with Crippen LogP contribution in [-0.4, -0.2) is 50.5 Å². The van der Waals surface area contributed by atoms with Gasteiger partial charge in [0.1, 0.15) is 17.0 Å². The summed E-state index contributed by atoms with van der Waals surface area (Å²) in [6.45, 7) is 10.1. The van der Waals surface area contributed by atoms with E-state index in [1.807, 2.05) is 17.6 Å². The highest BCUT2D eigenvalue weighted by molar-refractivity contribution is 7.89. The molecule has 0 unspecified atom stereocenters. The number of carbonyl (C=O) groups excluding carboxylic acids is 1. The number of rotatable bonds is 10. The zero-order valence-electron chi connectivity index (χ0n) is 19.4. The number of nitrogens with zero attached hydrogens (tertiary/aromatic N) is 3. The lowest BCUT2D eigenvalue weighted by Crippen LogP contribution is -2.31. The molecule has 1 heterocycles. The Balaban J connectivity index is 2.00. The molecule has 0 aliphatic rings. The first-order valence-corrected chi connectivity index (χ1v) is 12.7. The highest BCUT2D eigenvalue weighted by atomic mass is 32.2. The van der Waals surface area contributed by atoms with Crippen molar-refractivity contribution in [3.63, 3.8) is 0 Å². The van der Waals surface area contributed by atoms with Gasteiger partial charge in [-0.05, 0) is 37.3 Å². The minimum atomic E-state index is -3.75. The van der Waals surface area contributed by atoms with Gasteiger partial charge in [-0.2, -0.15) is 9.30 Å². The molecule has 0 atom stereocenters. The number of aryl methyl sites for hydroxylation is 1. The number of benzene rings is 2. The quantitative estimate of drug-likeness (QED) is 0.394. The summed E-state index contributed by atoms with van der Waals surface area (Å²) in [5.41, 5.74) is 1.11. The molecular weight excluding hydrogens is 474 g/mol. The molecule has 10 heteroatoms. The molecule has 1 aromatic heterocycles.